The van der Waals surface area contributed by atoms with Gasteiger partial charge in [0.15, 0.2) is 0 Å². The summed E-state index contributed by atoms with van der Waals surface area (Å²) >= 11 is 7.89. The molecule has 1 amide bonds. The van der Waals surface area contributed by atoms with Crippen molar-refractivity contribution in [2.24, 2.45) is 5.92 Å². The quantitative estimate of drug-likeness (QED) is 0.817. The summed E-state index contributed by atoms with van der Waals surface area (Å²) in [7, 11) is 0. The molecular weight excluding hydrogens is 328 g/mol. The minimum absolute atomic E-state index is 0.311. The molecule has 3 nitrogen and oxygen atoms in total. The Hall–Kier alpha value is -0.710. The predicted octanol–water partition coefficient (Wildman–Crippen LogP) is 3.22. The molecule has 2 aliphatic rings. The lowest BCUT2D eigenvalue weighted by Crippen LogP contribution is -2.43. The van der Waals surface area contributed by atoms with Crippen LogP contribution in [-0.4, -0.2) is 48.0 Å². The SMILES string of the molecule is O=C(CC1CSCCN1)N(CCc1ccc(Cl)cc1)CC1CC1. The molecule has 1 saturated carbocycles. The molecule has 0 radical (unpaired) electrons. The second kappa shape index (κ2) is 8.41. The Morgan fingerprint density at radius 2 is 2.09 bits per heavy atom. The number of amides is 1. The average molecular weight is 353 g/mol. The molecule has 1 aliphatic heterocycles. The summed E-state index contributed by atoms with van der Waals surface area (Å²) < 4.78 is 0. The summed E-state index contributed by atoms with van der Waals surface area (Å²) in [4.78, 5) is 14.8. The molecule has 0 bridgehead atoms. The van der Waals surface area contributed by atoms with Crippen LogP contribution in [0.15, 0.2) is 24.3 Å². The minimum atomic E-state index is 0.311. The van der Waals surface area contributed by atoms with E-state index in [1.807, 2.05) is 23.9 Å². The Labute approximate surface area is 148 Å². The van der Waals surface area contributed by atoms with Gasteiger partial charge in [0, 0.05) is 48.6 Å². The van der Waals surface area contributed by atoms with Crippen molar-refractivity contribution in [2.75, 3.05) is 31.1 Å². The van der Waals surface area contributed by atoms with E-state index in [4.69, 9.17) is 11.6 Å². The molecule has 0 aromatic heterocycles. The average Bonchev–Trinajstić information content (AvgIpc) is 3.38. The van der Waals surface area contributed by atoms with Gasteiger partial charge in [-0.25, -0.2) is 0 Å². The van der Waals surface area contributed by atoms with Crippen molar-refractivity contribution in [1.29, 1.82) is 0 Å². The first-order valence-corrected chi connectivity index (χ1v) is 10.1. The lowest BCUT2D eigenvalue weighted by Gasteiger charge is -2.27. The number of rotatable bonds is 7. The number of nitrogens with one attached hydrogen (secondary N) is 1. The van der Waals surface area contributed by atoms with Gasteiger partial charge >= 0.3 is 0 Å². The summed E-state index contributed by atoms with van der Waals surface area (Å²) in [5.41, 5.74) is 1.24. The van der Waals surface area contributed by atoms with Crippen LogP contribution in [0.4, 0.5) is 0 Å². The molecule has 1 atom stereocenters. The van der Waals surface area contributed by atoms with E-state index in [1.54, 1.807) is 0 Å². The topological polar surface area (TPSA) is 32.3 Å². The molecule has 1 aliphatic carbocycles. The first kappa shape index (κ1) is 17.1. The Kier molecular flexibility index (Phi) is 6.26. The summed E-state index contributed by atoms with van der Waals surface area (Å²) in [6.45, 7) is 2.78. The maximum Gasteiger partial charge on any atom is 0.224 e. The number of carbonyl (C=O) groups is 1. The summed E-state index contributed by atoms with van der Waals surface area (Å²) in [6.07, 6.45) is 4.10. The zero-order chi connectivity index (χ0) is 16.1. The Morgan fingerprint density at radius 3 is 2.74 bits per heavy atom. The highest BCUT2D eigenvalue weighted by molar-refractivity contribution is 7.99. The summed E-state index contributed by atoms with van der Waals surface area (Å²) in [5, 5.41) is 4.24. The predicted molar refractivity (Wildman–Crippen MR) is 98.2 cm³/mol. The third kappa shape index (κ3) is 5.70. The lowest BCUT2D eigenvalue weighted by molar-refractivity contribution is -0.131. The molecule has 126 valence electrons. The van der Waals surface area contributed by atoms with E-state index >= 15 is 0 Å². The normalized spacial score (nSPS) is 21.2. The maximum atomic E-state index is 12.7. The van der Waals surface area contributed by atoms with Gasteiger partial charge in [-0.1, -0.05) is 23.7 Å². The first-order chi connectivity index (χ1) is 11.2. The van der Waals surface area contributed by atoms with Crippen LogP contribution in [0, 0.1) is 5.92 Å². The largest absolute Gasteiger partial charge is 0.342 e. The minimum Gasteiger partial charge on any atom is -0.342 e. The van der Waals surface area contributed by atoms with Gasteiger partial charge in [-0.05, 0) is 42.9 Å². The molecule has 0 spiro atoms. The highest BCUT2D eigenvalue weighted by Gasteiger charge is 2.28. The van der Waals surface area contributed by atoms with Crippen molar-refractivity contribution in [2.45, 2.75) is 31.7 Å². The fraction of sp³-hybridized carbons (Fsp3) is 0.611. The number of hydrogen-bond acceptors (Lipinski definition) is 3. The Balaban J connectivity index is 1.53. The number of hydrogen-bond donors (Lipinski definition) is 1. The van der Waals surface area contributed by atoms with Gasteiger partial charge in [0.1, 0.15) is 0 Å². The maximum absolute atomic E-state index is 12.7. The van der Waals surface area contributed by atoms with Crippen LogP contribution in [0.5, 0.6) is 0 Å². The van der Waals surface area contributed by atoms with Gasteiger partial charge in [-0.3, -0.25) is 4.79 Å². The fourth-order valence-electron chi connectivity index (χ4n) is 2.94. The fourth-order valence-corrected chi connectivity index (χ4v) is 4.01. The molecule has 23 heavy (non-hydrogen) atoms. The van der Waals surface area contributed by atoms with Crippen LogP contribution in [0.3, 0.4) is 0 Å². The Bertz CT molecular complexity index is 512. The number of nitrogens with zero attached hydrogens (tertiary/aromatic N) is 1. The molecule has 1 unspecified atom stereocenters. The van der Waals surface area contributed by atoms with E-state index in [-0.39, 0.29) is 0 Å². The number of halogens is 1. The molecular formula is C18H25ClN2OS. The molecule has 1 saturated heterocycles. The van der Waals surface area contributed by atoms with E-state index in [0.29, 0.717) is 18.4 Å². The van der Waals surface area contributed by atoms with Crippen molar-refractivity contribution in [1.82, 2.24) is 10.2 Å². The molecule has 1 aromatic carbocycles. The summed E-state index contributed by atoms with van der Waals surface area (Å²) in [6, 6.07) is 8.31. The number of benzene rings is 1. The molecule has 1 heterocycles. The van der Waals surface area contributed by atoms with Crippen LogP contribution in [0.2, 0.25) is 5.02 Å². The van der Waals surface area contributed by atoms with E-state index in [0.717, 1.165) is 48.5 Å². The van der Waals surface area contributed by atoms with Gasteiger partial charge in [-0.2, -0.15) is 11.8 Å². The monoisotopic (exact) mass is 352 g/mol. The third-order valence-electron chi connectivity index (χ3n) is 4.53. The van der Waals surface area contributed by atoms with Gasteiger partial charge in [0.25, 0.3) is 0 Å². The van der Waals surface area contributed by atoms with Crippen molar-refractivity contribution in [3.63, 3.8) is 0 Å². The molecule has 3 rings (SSSR count). The van der Waals surface area contributed by atoms with Crippen molar-refractivity contribution in [3.05, 3.63) is 34.9 Å². The van der Waals surface area contributed by atoms with Crippen LogP contribution in [0.25, 0.3) is 0 Å². The summed E-state index contributed by atoms with van der Waals surface area (Å²) in [5.74, 6) is 3.26. The zero-order valence-corrected chi connectivity index (χ0v) is 15.0. The second-order valence-corrected chi connectivity index (χ2v) is 8.18. The highest BCUT2D eigenvalue weighted by Crippen LogP contribution is 2.30. The Morgan fingerprint density at radius 1 is 1.30 bits per heavy atom. The zero-order valence-electron chi connectivity index (χ0n) is 13.5. The molecule has 2 fully saturated rings. The van der Waals surface area contributed by atoms with E-state index in [2.05, 4.69) is 22.3 Å². The van der Waals surface area contributed by atoms with E-state index < -0.39 is 0 Å². The van der Waals surface area contributed by atoms with Crippen LogP contribution in [-0.2, 0) is 11.2 Å². The van der Waals surface area contributed by atoms with Crippen molar-refractivity contribution < 1.29 is 4.79 Å². The number of carbonyl (C=O) groups excluding carboxylic acids is 1. The van der Waals surface area contributed by atoms with Crippen molar-refractivity contribution in [3.8, 4) is 0 Å². The smallest absolute Gasteiger partial charge is 0.224 e. The lowest BCUT2D eigenvalue weighted by atomic mass is 10.1. The van der Waals surface area contributed by atoms with E-state index in [9.17, 15) is 4.79 Å². The number of thioether (sulfide) groups is 1. The van der Waals surface area contributed by atoms with Gasteiger partial charge in [0.2, 0.25) is 5.91 Å². The van der Waals surface area contributed by atoms with Gasteiger partial charge in [0.05, 0.1) is 0 Å². The molecule has 5 heteroatoms. The molecule has 1 aromatic rings. The first-order valence-electron chi connectivity index (χ1n) is 8.54. The van der Waals surface area contributed by atoms with Crippen molar-refractivity contribution >= 4 is 29.3 Å². The van der Waals surface area contributed by atoms with Gasteiger partial charge in [-0.15, -0.1) is 0 Å². The van der Waals surface area contributed by atoms with Crippen LogP contribution >= 0.6 is 23.4 Å². The van der Waals surface area contributed by atoms with Crippen LogP contribution < -0.4 is 5.32 Å². The standard InChI is InChI=1S/C18H25ClN2OS/c19-16-5-3-14(4-6-16)7-9-21(12-15-1-2-15)18(22)11-17-13-23-10-8-20-17/h3-6,15,17,20H,1-2,7-13H2. The molecule has 1 N–H and O–H groups in total. The van der Waals surface area contributed by atoms with E-state index in [1.165, 1.54) is 18.4 Å². The third-order valence-corrected chi connectivity index (χ3v) is 5.91. The second-order valence-electron chi connectivity index (χ2n) is 6.59. The highest BCUT2D eigenvalue weighted by atomic mass is 35.5. The van der Waals surface area contributed by atoms with Crippen LogP contribution in [0.1, 0.15) is 24.8 Å². The van der Waals surface area contributed by atoms with Gasteiger partial charge < -0.3 is 10.2 Å².